The Morgan fingerprint density at radius 3 is 2.18 bits per heavy atom. The third kappa shape index (κ3) is 6.16. The number of hydrogen-bond donors (Lipinski definition) is 1. The third-order valence-electron chi connectivity index (χ3n) is 5.77. The molecule has 0 aliphatic carbocycles. The van der Waals surface area contributed by atoms with Gasteiger partial charge >= 0.3 is 0 Å². The summed E-state index contributed by atoms with van der Waals surface area (Å²) in [6, 6.07) is 7.33. The van der Waals surface area contributed by atoms with Gasteiger partial charge in [-0.05, 0) is 73.2 Å². The number of amides is 1. The number of carbonyl (C=O) groups excluding carboxylic acids is 1. The fourth-order valence-corrected chi connectivity index (χ4v) is 5.44. The molecule has 7 nitrogen and oxygen atoms in total. The van der Waals surface area contributed by atoms with E-state index in [-0.39, 0.29) is 24.1 Å². The van der Waals surface area contributed by atoms with Crippen molar-refractivity contribution in [3.05, 3.63) is 52.0 Å². The summed E-state index contributed by atoms with van der Waals surface area (Å²) < 4.78 is 37.7. The first kappa shape index (κ1) is 27.8. The predicted molar refractivity (Wildman–Crippen MR) is 138 cm³/mol. The number of methoxy groups -OCH3 is 2. The van der Waals surface area contributed by atoms with E-state index in [4.69, 9.17) is 21.1 Å². The molecule has 1 amide bonds. The smallest absolute Gasteiger partial charge is 0.244 e. The van der Waals surface area contributed by atoms with Gasteiger partial charge in [-0.3, -0.25) is 9.10 Å². The van der Waals surface area contributed by atoms with Crippen LogP contribution in [0.25, 0.3) is 0 Å². The lowest BCUT2D eigenvalue weighted by Crippen LogP contribution is -2.50. The van der Waals surface area contributed by atoms with Gasteiger partial charge in [0, 0.05) is 5.02 Å². The van der Waals surface area contributed by atoms with Crippen molar-refractivity contribution in [2.24, 2.45) is 0 Å². The van der Waals surface area contributed by atoms with Crippen LogP contribution >= 0.6 is 11.6 Å². The number of nitrogens with zero attached hydrogens (tertiary/aromatic N) is 1. The number of rotatable bonds is 10. The van der Waals surface area contributed by atoms with Crippen molar-refractivity contribution in [2.75, 3.05) is 24.8 Å². The van der Waals surface area contributed by atoms with Crippen LogP contribution in [0.1, 0.15) is 62.8 Å². The van der Waals surface area contributed by atoms with Crippen LogP contribution in [0.4, 0.5) is 5.69 Å². The van der Waals surface area contributed by atoms with Gasteiger partial charge in [-0.25, -0.2) is 8.42 Å². The molecule has 0 saturated carbocycles. The summed E-state index contributed by atoms with van der Waals surface area (Å²) in [6.45, 7) is 9.76. The third-order valence-corrected chi connectivity index (χ3v) is 7.17. The fourth-order valence-electron chi connectivity index (χ4n) is 4.07. The fraction of sp³-hybridized carbons (Fsp3) is 0.480. The standard InChI is InChI=1S/C25H35ClN2O5S/c1-9-21(28(34(8,30)31)22-13-18(26)10-11-23(22)32-6)25(29)27-17(5)20-14-19(15(2)3)24(33-7)12-16(20)4/h10-15,17,21H,9H2,1-8H3,(H,27,29)/t17-,21-/m1/s1. The van der Waals surface area contributed by atoms with Crippen molar-refractivity contribution in [1.29, 1.82) is 0 Å². The highest BCUT2D eigenvalue weighted by Crippen LogP contribution is 2.36. The van der Waals surface area contributed by atoms with Crippen molar-refractivity contribution in [3.8, 4) is 11.5 Å². The number of nitrogens with one attached hydrogen (secondary N) is 1. The van der Waals surface area contributed by atoms with E-state index >= 15 is 0 Å². The van der Waals surface area contributed by atoms with E-state index in [9.17, 15) is 13.2 Å². The zero-order chi connectivity index (χ0) is 25.8. The molecule has 34 heavy (non-hydrogen) atoms. The van der Waals surface area contributed by atoms with Gasteiger partial charge in [0.25, 0.3) is 0 Å². The number of benzene rings is 2. The highest BCUT2D eigenvalue weighted by molar-refractivity contribution is 7.92. The van der Waals surface area contributed by atoms with E-state index < -0.39 is 22.0 Å². The van der Waals surface area contributed by atoms with Gasteiger partial charge in [0.05, 0.1) is 32.2 Å². The summed E-state index contributed by atoms with van der Waals surface area (Å²) in [6.07, 6.45) is 1.31. The Hall–Kier alpha value is -2.45. The highest BCUT2D eigenvalue weighted by atomic mass is 35.5. The van der Waals surface area contributed by atoms with Gasteiger partial charge in [0.15, 0.2) is 0 Å². The van der Waals surface area contributed by atoms with E-state index in [1.807, 2.05) is 26.0 Å². The molecule has 2 aromatic rings. The SMILES string of the molecule is CC[C@H](C(=O)N[C@H](C)c1cc(C(C)C)c(OC)cc1C)N(c1cc(Cl)ccc1OC)S(C)(=O)=O. The second-order valence-corrected chi connectivity index (χ2v) is 10.9. The molecule has 0 aliphatic rings. The molecule has 0 heterocycles. The van der Waals surface area contributed by atoms with Gasteiger partial charge in [-0.1, -0.05) is 32.4 Å². The molecule has 1 N–H and O–H groups in total. The van der Waals surface area contributed by atoms with Crippen molar-refractivity contribution >= 4 is 33.2 Å². The van der Waals surface area contributed by atoms with Crippen LogP contribution < -0.4 is 19.1 Å². The molecule has 0 spiro atoms. The Labute approximate surface area is 208 Å². The summed E-state index contributed by atoms with van der Waals surface area (Å²) in [5.41, 5.74) is 3.17. The quantitative estimate of drug-likeness (QED) is 0.474. The van der Waals surface area contributed by atoms with Crippen LogP contribution in [0.2, 0.25) is 5.02 Å². The summed E-state index contributed by atoms with van der Waals surface area (Å²) in [7, 11) is -0.762. The molecule has 0 saturated heterocycles. The minimum atomic E-state index is -3.84. The second kappa shape index (κ2) is 11.3. The number of ether oxygens (including phenoxy) is 2. The molecular weight excluding hydrogens is 476 g/mol. The van der Waals surface area contributed by atoms with Crippen molar-refractivity contribution in [2.45, 2.75) is 59.0 Å². The lowest BCUT2D eigenvalue weighted by Gasteiger charge is -2.32. The topological polar surface area (TPSA) is 84.9 Å². The van der Waals surface area contributed by atoms with E-state index in [1.54, 1.807) is 26.2 Å². The zero-order valence-electron chi connectivity index (χ0n) is 21.1. The Morgan fingerprint density at radius 1 is 1.06 bits per heavy atom. The zero-order valence-corrected chi connectivity index (χ0v) is 22.7. The van der Waals surface area contributed by atoms with E-state index in [0.717, 1.165) is 33.0 Å². The first-order chi connectivity index (χ1) is 15.8. The maximum Gasteiger partial charge on any atom is 0.244 e. The summed E-state index contributed by atoms with van der Waals surface area (Å²) in [5, 5.41) is 3.34. The number of anilines is 1. The minimum Gasteiger partial charge on any atom is -0.496 e. The number of halogens is 1. The van der Waals surface area contributed by atoms with E-state index in [0.29, 0.717) is 10.8 Å². The number of aryl methyl sites for hydroxylation is 1. The Bertz CT molecular complexity index is 1130. The first-order valence-corrected chi connectivity index (χ1v) is 13.4. The van der Waals surface area contributed by atoms with Gasteiger partial charge in [-0.2, -0.15) is 0 Å². The summed E-state index contributed by atoms with van der Waals surface area (Å²) in [5.74, 6) is 0.930. The highest BCUT2D eigenvalue weighted by Gasteiger charge is 2.34. The largest absolute Gasteiger partial charge is 0.496 e. The van der Waals surface area contributed by atoms with Crippen LogP contribution in [0.5, 0.6) is 11.5 Å². The van der Waals surface area contributed by atoms with Crippen LogP contribution in [-0.4, -0.2) is 40.8 Å². The molecule has 2 aromatic carbocycles. The molecule has 0 radical (unpaired) electrons. The Kier molecular flexibility index (Phi) is 9.25. The molecule has 0 bridgehead atoms. The van der Waals surface area contributed by atoms with Crippen LogP contribution in [0, 0.1) is 6.92 Å². The molecular formula is C25H35ClN2O5S. The average Bonchev–Trinajstić information content (AvgIpc) is 2.75. The molecule has 2 rings (SSSR count). The van der Waals surface area contributed by atoms with Crippen molar-refractivity contribution in [1.82, 2.24) is 5.32 Å². The van der Waals surface area contributed by atoms with Crippen LogP contribution in [0.3, 0.4) is 0 Å². The van der Waals surface area contributed by atoms with E-state index in [1.165, 1.54) is 13.2 Å². The van der Waals surface area contributed by atoms with Crippen molar-refractivity contribution in [3.63, 3.8) is 0 Å². The lowest BCUT2D eigenvalue weighted by atomic mass is 9.93. The van der Waals surface area contributed by atoms with Gasteiger partial charge < -0.3 is 14.8 Å². The molecule has 0 unspecified atom stereocenters. The Morgan fingerprint density at radius 2 is 1.68 bits per heavy atom. The Balaban J connectivity index is 2.47. The number of hydrogen-bond acceptors (Lipinski definition) is 5. The monoisotopic (exact) mass is 510 g/mol. The van der Waals surface area contributed by atoms with E-state index in [2.05, 4.69) is 19.2 Å². The molecule has 0 aliphatic heterocycles. The van der Waals surface area contributed by atoms with Crippen LogP contribution in [-0.2, 0) is 14.8 Å². The lowest BCUT2D eigenvalue weighted by molar-refractivity contribution is -0.122. The van der Waals surface area contributed by atoms with Crippen molar-refractivity contribution < 1.29 is 22.7 Å². The predicted octanol–water partition coefficient (Wildman–Crippen LogP) is 5.21. The second-order valence-electron chi connectivity index (χ2n) is 8.63. The average molecular weight is 511 g/mol. The molecule has 2 atom stereocenters. The molecule has 0 fully saturated rings. The molecule has 0 aromatic heterocycles. The summed E-state index contributed by atoms with van der Waals surface area (Å²) in [4.78, 5) is 13.4. The van der Waals surface area contributed by atoms with Gasteiger partial charge in [-0.15, -0.1) is 0 Å². The number of sulfonamides is 1. The number of carbonyl (C=O) groups is 1. The van der Waals surface area contributed by atoms with Gasteiger partial charge in [0.2, 0.25) is 15.9 Å². The molecule has 9 heteroatoms. The molecule has 188 valence electrons. The minimum absolute atomic E-state index is 0.217. The normalized spacial score (nSPS) is 13.4. The van der Waals surface area contributed by atoms with Gasteiger partial charge in [0.1, 0.15) is 17.5 Å². The maximum absolute atomic E-state index is 13.4. The summed E-state index contributed by atoms with van der Waals surface area (Å²) >= 11 is 6.15. The van der Waals surface area contributed by atoms with Crippen LogP contribution in [0.15, 0.2) is 30.3 Å². The maximum atomic E-state index is 13.4. The first-order valence-electron chi connectivity index (χ1n) is 11.2.